The third kappa shape index (κ3) is 3.40. The van der Waals surface area contributed by atoms with Crippen LogP contribution in [0, 0.1) is 0 Å². The first-order chi connectivity index (χ1) is 6.26. The lowest BCUT2D eigenvalue weighted by Crippen LogP contribution is -2.00. The molecule has 72 valence electrons. The minimum absolute atomic E-state index is 0.307. The zero-order valence-electron chi connectivity index (χ0n) is 7.65. The van der Waals surface area contributed by atoms with Crippen LogP contribution in [0.5, 0.6) is 0 Å². The lowest BCUT2D eigenvalue weighted by molar-refractivity contribution is 0.814. The summed E-state index contributed by atoms with van der Waals surface area (Å²) in [4.78, 5) is 12.3. The molecule has 4 nitrogen and oxygen atoms in total. The largest absolute Gasteiger partial charge is 0.368 e. The van der Waals surface area contributed by atoms with Crippen molar-refractivity contribution in [2.24, 2.45) is 0 Å². The lowest BCUT2D eigenvalue weighted by atomic mass is 11.0. The summed E-state index contributed by atoms with van der Waals surface area (Å²) in [6, 6.07) is 0. The predicted octanol–water partition coefficient (Wildman–Crippen LogP) is 1.68. The predicted molar refractivity (Wildman–Crippen MR) is 57.0 cm³/mol. The van der Waals surface area contributed by atoms with Gasteiger partial charge in [0.25, 0.3) is 0 Å². The van der Waals surface area contributed by atoms with Crippen LogP contribution in [0.15, 0.2) is 10.3 Å². The molecular weight excluding hydrogens is 204 g/mol. The van der Waals surface area contributed by atoms with Crippen LogP contribution in [0.25, 0.3) is 0 Å². The summed E-state index contributed by atoms with van der Waals surface area (Å²) in [6.45, 7) is 4.11. The van der Waals surface area contributed by atoms with Gasteiger partial charge < -0.3 is 5.73 Å². The van der Waals surface area contributed by atoms with Crippen LogP contribution in [-0.4, -0.2) is 26.5 Å². The average Bonchev–Trinajstić information content (AvgIpc) is 2.04. The van der Waals surface area contributed by atoms with Gasteiger partial charge in [-0.15, -0.1) is 0 Å². The maximum absolute atomic E-state index is 5.53. The van der Waals surface area contributed by atoms with Gasteiger partial charge in [0.15, 0.2) is 10.3 Å². The van der Waals surface area contributed by atoms with Gasteiger partial charge in [-0.2, -0.15) is 15.0 Å². The molecule has 0 unspecified atom stereocenters. The fourth-order valence-corrected chi connectivity index (χ4v) is 1.93. The van der Waals surface area contributed by atoms with E-state index in [9.17, 15) is 0 Å². The first kappa shape index (κ1) is 10.6. The summed E-state index contributed by atoms with van der Waals surface area (Å²) >= 11 is 3.15. The molecule has 0 aromatic carbocycles. The molecule has 2 N–H and O–H groups in total. The van der Waals surface area contributed by atoms with E-state index in [0.29, 0.717) is 16.3 Å². The summed E-state index contributed by atoms with van der Waals surface area (Å²) in [5, 5.41) is 1.43. The maximum atomic E-state index is 5.53. The zero-order valence-corrected chi connectivity index (χ0v) is 9.28. The van der Waals surface area contributed by atoms with Crippen molar-refractivity contribution >= 4 is 29.5 Å². The number of nitrogens with two attached hydrogens (primary N) is 1. The fraction of sp³-hybridized carbons (Fsp3) is 0.571. The maximum Gasteiger partial charge on any atom is 0.225 e. The van der Waals surface area contributed by atoms with Gasteiger partial charge in [-0.05, 0) is 11.5 Å². The van der Waals surface area contributed by atoms with Gasteiger partial charge in [0, 0.05) is 0 Å². The number of hydrogen-bond donors (Lipinski definition) is 1. The third-order valence-corrected chi connectivity index (χ3v) is 2.62. The number of thioether (sulfide) groups is 2. The van der Waals surface area contributed by atoms with Crippen molar-refractivity contribution in [1.82, 2.24) is 15.0 Å². The molecule has 0 saturated heterocycles. The Morgan fingerprint density at radius 3 is 1.85 bits per heavy atom. The molecule has 0 saturated carbocycles. The number of anilines is 1. The van der Waals surface area contributed by atoms with E-state index in [1.54, 1.807) is 23.5 Å². The zero-order chi connectivity index (χ0) is 9.68. The van der Waals surface area contributed by atoms with Crippen molar-refractivity contribution in [3.05, 3.63) is 0 Å². The van der Waals surface area contributed by atoms with Crippen molar-refractivity contribution in [2.45, 2.75) is 24.2 Å². The lowest BCUT2D eigenvalue weighted by Gasteiger charge is -2.01. The van der Waals surface area contributed by atoms with E-state index >= 15 is 0 Å². The Labute approximate surface area is 86.1 Å². The van der Waals surface area contributed by atoms with Gasteiger partial charge in [-0.3, -0.25) is 0 Å². The second kappa shape index (κ2) is 5.29. The Balaban J connectivity index is 2.83. The molecule has 0 aliphatic carbocycles. The Morgan fingerprint density at radius 2 is 1.46 bits per heavy atom. The monoisotopic (exact) mass is 216 g/mol. The second-order valence-corrected chi connectivity index (χ2v) is 4.59. The molecule has 6 heteroatoms. The van der Waals surface area contributed by atoms with Crippen LogP contribution in [0.4, 0.5) is 5.95 Å². The van der Waals surface area contributed by atoms with E-state index in [2.05, 4.69) is 28.8 Å². The molecule has 0 radical (unpaired) electrons. The highest BCUT2D eigenvalue weighted by Crippen LogP contribution is 2.18. The highest BCUT2D eigenvalue weighted by Gasteiger charge is 2.03. The minimum atomic E-state index is 0.307. The molecule has 1 heterocycles. The SMILES string of the molecule is CCSc1nc(N)nc(SCC)n1. The van der Waals surface area contributed by atoms with Gasteiger partial charge in [0.1, 0.15) is 0 Å². The second-order valence-electron chi connectivity index (χ2n) is 2.12. The molecule has 0 aliphatic rings. The summed E-state index contributed by atoms with van der Waals surface area (Å²) in [5.41, 5.74) is 5.53. The molecule has 1 aromatic rings. The Hall–Kier alpha value is -0.490. The van der Waals surface area contributed by atoms with Crippen LogP contribution in [0.1, 0.15) is 13.8 Å². The van der Waals surface area contributed by atoms with Gasteiger partial charge in [-0.25, -0.2) is 0 Å². The molecule has 0 bridgehead atoms. The fourth-order valence-electron chi connectivity index (χ4n) is 0.740. The van der Waals surface area contributed by atoms with Gasteiger partial charge in [0.05, 0.1) is 0 Å². The summed E-state index contributed by atoms with van der Waals surface area (Å²) in [5.74, 6) is 2.20. The van der Waals surface area contributed by atoms with Crippen molar-refractivity contribution in [3.63, 3.8) is 0 Å². The number of nitrogen functional groups attached to an aromatic ring is 1. The topological polar surface area (TPSA) is 64.7 Å². The number of aromatic nitrogens is 3. The van der Waals surface area contributed by atoms with E-state index in [-0.39, 0.29) is 0 Å². The first-order valence-corrected chi connectivity index (χ1v) is 6.00. The van der Waals surface area contributed by atoms with Crippen LogP contribution in [-0.2, 0) is 0 Å². The number of rotatable bonds is 4. The number of nitrogens with zero attached hydrogens (tertiary/aromatic N) is 3. The molecule has 13 heavy (non-hydrogen) atoms. The molecule has 1 rings (SSSR count). The van der Waals surface area contributed by atoms with Crippen LogP contribution >= 0.6 is 23.5 Å². The van der Waals surface area contributed by atoms with Crippen molar-refractivity contribution in [2.75, 3.05) is 17.2 Å². The first-order valence-electron chi connectivity index (χ1n) is 4.03. The molecule has 0 spiro atoms. The highest BCUT2D eigenvalue weighted by atomic mass is 32.2. The highest BCUT2D eigenvalue weighted by molar-refractivity contribution is 7.99. The minimum Gasteiger partial charge on any atom is -0.368 e. The molecular formula is C7H12N4S2. The van der Waals surface area contributed by atoms with E-state index in [1.807, 2.05) is 0 Å². The Morgan fingerprint density at radius 1 is 1.00 bits per heavy atom. The van der Waals surface area contributed by atoms with E-state index in [1.165, 1.54) is 0 Å². The van der Waals surface area contributed by atoms with Gasteiger partial charge in [-0.1, -0.05) is 37.4 Å². The van der Waals surface area contributed by atoms with Crippen LogP contribution < -0.4 is 5.73 Å². The van der Waals surface area contributed by atoms with Crippen LogP contribution in [0.3, 0.4) is 0 Å². The third-order valence-electron chi connectivity index (χ3n) is 1.16. The van der Waals surface area contributed by atoms with E-state index in [0.717, 1.165) is 11.5 Å². The summed E-state index contributed by atoms with van der Waals surface area (Å²) in [7, 11) is 0. The Bertz CT molecular complexity index is 255. The smallest absolute Gasteiger partial charge is 0.225 e. The van der Waals surface area contributed by atoms with Crippen LogP contribution in [0.2, 0.25) is 0 Å². The summed E-state index contributed by atoms with van der Waals surface area (Å²) in [6.07, 6.45) is 0. The van der Waals surface area contributed by atoms with Gasteiger partial charge in [0.2, 0.25) is 5.95 Å². The van der Waals surface area contributed by atoms with Crippen molar-refractivity contribution in [1.29, 1.82) is 0 Å². The average molecular weight is 216 g/mol. The standard InChI is InChI=1S/C7H12N4S2/c1-3-12-6-9-5(8)10-7(11-6)13-4-2/h3-4H2,1-2H3,(H2,8,9,10,11). The molecule has 0 atom stereocenters. The normalized spacial score (nSPS) is 10.3. The van der Waals surface area contributed by atoms with Gasteiger partial charge >= 0.3 is 0 Å². The summed E-state index contributed by atoms with van der Waals surface area (Å²) < 4.78 is 0. The van der Waals surface area contributed by atoms with E-state index in [4.69, 9.17) is 5.73 Å². The van der Waals surface area contributed by atoms with Crippen molar-refractivity contribution in [3.8, 4) is 0 Å². The quantitative estimate of drug-likeness (QED) is 0.772. The van der Waals surface area contributed by atoms with E-state index < -0.39 is 0 Å². The molecule has 0 fully saturated rings. The molecule has 0 aliphatic heterocycles. The molecule has 1 aromatic heterocycles. The Kier molecular flexibility index (Phi) is 4.31. The number of hydrogen-bond acceptors (Lipinski definition) is 6. The molecule has 0 amide bonds. The van der Waals surface area contributed by atoms with Crippen molar-refractivity contribution < 1.29 is 0 Å².